The van der Waals surface area contributed by atoms with Gasteiger partial charge in [-0.15, -0.1) is 0 Å². The van der Waals surface area contributed by atoms with Crippen LogP contribution in [0.2, 0.25) is 5.02 Å². The van der Waals surface area contributed by atoms with E-state index in [0.29, 0.717) is 23.7 Å². The summed E-state index contributed by atoms with van der Waals surface area (Å²) in [5, 5.41) is 0.620. The van der Waals surface area contributed by atoms with Gasteiger partial charge in [-0.3, -0.25) is 0 Å². The Morgan fingerprint density at radius 2 is 2.04 bits per heavy atom. The maximum absolute atomic E-state index is 12.3. The average molecular weight is 404 g/mol. The number of halogens is 1. The first-order chi connectivity index (χ1) is 13.5. The molecule has 0 saturated carbocycles. The van der Waals surface area contributed by atoms with Gasteiger partial charge in [0.1, 0.15) is 11.9 Å². The number of carbonyl (C=O) groups is 2. The van der Waals surface area contributed by atoms with Crippen molar-refractivity contribution < 1.29 is 23.8 Å². The molecular formula is C21H22ClNO5. The molecule has 0 aliphatic carbocycles. The molecule has 7 heteroatoms. The van der Waals surface area contributed by atoms with Crippen LogP contribution in [0.5, 0.6) is 5.75 Å². The van der Waals surface area contributed by atoms with Crippen LogP contribution in [-0.4, -0.2) is 43.3 Å². The van der Waals surface area contributed by atoms with Gasteiger partial charge >= 0.3 is 12.1 Å². The first-order valence-corrected chi connectivity index (χ1v) is 9.35. The third-order valence-corrected chi connectivity index (χ3v) is 4.87. The highest BCUT2D eigenvalue weighted by atomic mass is 35.5. The molecule has 0 spiro atoms. The third-order valence-electron chi connectivity index (χ3n) is 4.63. The second-order valence-corrected chi connectivity index (χ2v) is 7.08. The Morgan fingerprint density at radius 3 is 2.71 bits per heavy atom. The highest BCUT2D eigenvalue weighted by Gasteiger charge is 2.35. The quantitative estimate of drug-likeness (QED) is 0.653. The maximum Gasteiger partial charge on any atom is 0.410 e. The summed E-state index contributed by atoms with van der Waals surface area (Å²) in [5.41, 5.74) is 1.94. The number of cyclic esters (lactones) is 1. The van der Waals surface area contributed by atoms with Crippen LogP contribution in [0.25, 0.3) is 0 Å². The van der Waals surface area contributed by atoms with Crippen molar-refractivity contribution in [2.75, 3.05) is 20.3 Å². The summed E-state index contributed by atoms with van der Waals surface area (Å²) < 4.78 is 15.4. The SMILES string of the molecule is COC(=O)COc1ccc(CC(C)N2CC(c3cccc(Cl)c3)OC2=O)cc1. The van der Waals surface area contributed by atoms with Crippen molar-refractivity contribution in [3.63, 3.8) is 0 Å². The van der Waals surface area contributed by atoms with Crippen molar-refractivity contribution in [2.24, 2.45) is 0 Å². The van der Waals surface area contributed by atoms with E-state index in [-0.39, 0.29) is 24.8 Å². The summed E-state index contributed by atoms with van der Waals surface area (Å²) in [6.45, 7) is 2.35. The minimum absolute atomic E-state index is 0.0291. The van der Waals surface area contributed by atoms with Crippen LogP contribution in [0, 0.1) is 0 Å². The molecule has 0 radical (unpaired) electrons. The molecule has 1 aliphatic heterocycles. The zero-order valence-corrected chi connectivity index (χ0v) is 16.5. The number of amides is 1. The van der Waals surface area contributed by atoms with Crippen LogP contribution in [-0.2, 0) is 20.7 Å². The van der Waals surface area contributed by atoms with Crippen molar-refractivity contribution in [1.29, 1.82) is 0 Å². The van der Waals surface area contributed by atoms with E-state index >= 15 is 0 Å². The number of esters is 1. The molecule has 1 aliphatic rings. The molecule has 3 rings (SSSR count). The second-order valence-electron chi connectivity index (χ2n) is 6.64. The van der Waals surface area contributed by atoms with E-state index in [1.165, 1.54) is 7.11 Å². The van der Waals surface area contributed by atoms with E-state index in [0.717, 1.165) is 11.1 Å². The standard InChI is InChI=1S/C21H22ClNO5/c1-14(10-15-6-8-18(9-7-15)27-13-20(24)26-2)23-12-19(28-21(23)25)16-4-3-5-17(22)11-16/h3-9,11,14,19H,10,12-13H2,1-2H3. The van der Waals surface area contributed by atoms with Gasteiger partial charge in [-0.05, 0) is 48.7 Å². The van der Waals surface area contributed by atoms with E-state index < -0.39 is 5.97 Å². The van der Waals surface area contributed by atoms with E-state index in [1.54, 1.807) is 23.1 Å². The molecular weight excluding hydrogens is 382 g/mol. The lowest BCUT2D eigenvalue weighted by atomic mass is 10.0. The summed E-state index contributed by atoms with van der Waals surface area (Å²) in [6.07, 6.45) is 0.0347. The van der Waals surface area contributed by atoms with Crippen molar-refractivity contribution >= 4 is 23.7 Å². The number of rotatable bonds is 7. The fourth-order valence-corrected chi connectivity index (χ4v) is 3.29. The molecule has 1 amide bonds. The Balaban J connectivity index is 1.57. The average Bonchev–Trinajstić information content (AvgIpc) is 3.09. The van der Waals surface area contributed by atoms with Gasteiger partial charge in [0.05, 0.1) is 13.7 Å². The molecule has 1 fully saturated rings. The number of hydrogen-bond donors (Lipinski definition) is 0. The number of carbonyl (C=O) groups excluding carboxylic acids is 2. The van der Waals surface area contributed by atoms with E-state index in [9.17, 15) is 9.59 Å². The summed E-state index contributed by atoms with van der Waals surface area (Å²) in [5.74, 6) is 0.155. The Kier molecular flexibility index (Phi) is 6.41. The lowest BCUT2D eigenvalue weighted by Gasteiger charge is -2.22. The van der Waals surface area contributed by atoms with Gasteiger partial charge in [0.2, 0.25) is 0 Å². The van der Waals surface area contributed by atoms with Gasteiger partial charge in [0.15, 0.2) is 6.61 Å². The van der Waals surface area contributed by atoms with Crippen LogP contribution in [0.3, 0.4) is 0 Å². The van der Waals surface area contributed by atoms with E-state index in [1.807, 2.05) is 37.3 Å². The molecule has 28 heavy (non-hydrogen) atoms. The Bertz CT molecular complexity index is 839. The first-order valence-electron chi connectivity index (χ1n) is 8.97. The van der Waals surface area contributed by atoms with E-state index in [2.05, 4.69) is 4.74 Å². The van der Waals surface area contributed by atoms with Crippen molar-refractivity contribution in [3.8, 4) is 5.75 Å². The molecule has 6 nitrogen and oxygen atoms in total. The van der Waals surface area contributed by atoms with Gasteiger partial charge in [-0.1, -0.05) is 35.9 Å². The highest BCUT2D eigenvalue weighted by molar-refractivity contribution is 6.30. The number of benzene rings is 2. The fraction of sp³-hybridized carbons (Fsp3) is 0.333. The van der Waals surface area contributed by atoms with Crippen LogP contribution < -0.4 is 4.74 Å². The number of methoxy groups -OCH3 is 1. The van der Waals surface area contributed by atoms with Gasteiger partial charge in [0.25, 0.3) is 0 Å². The minimum Gasteiger partial charge on any atom is -0.482 e. The number of hydrogen-bond acceptors (Lipinski definition) is 5. The molecule has 0 aromatic heterocycles. The molecule has 1 saturated heterocycles. The lowest BCUT2D eigenvalue weighted by molar-refractivity contribution is -0.142. The monoisotopic (exact) mass is 403 g/mol. The first kappa shape index (κ1) is 20.0. The second kappa shape index (κ2) is 8.97. The Morgan fingerprint density at radius 1 is 1.29 bits per heavy atom. The predicted molar refractivity (Wildman–Crippen MR) is 104 cm³/mol. The van der Waals surface area contributed by atoms with Crippen LogP contribution >= 0.6 is 11.6 Å². The predicted octanol–water partition coefficient (Wildman–Crippen LogP) is 4.02. The highest BCUT2D eigenvalue weighted by Crippen LogP contribution is 2.29. The molecule has 2 atom stereocenters. The largest absolute Gasteiger partial charge is 0.482 e. The van der Waals surface area contributed by atoms with E-state index in [4.69, 9.17) is 21.1 Å². The minimum atomic E-state index is -0.431. The van der Waals surface area contributed by atoms with Gasteiger partial charge in [0, 0.05) is 11.1 Å². The Hall–Kier alpha value is -2.73. The topological polar surface area (TPSA) is 65.1 Å². The zero-order chi connectivity index (χ0) is 20.1. The summed E-state index contributed by atoms with van der Waals surface area (Å²) in [7, 11) is 1.32. The molecule has 2 aromatic rings. The van der Waals surface area contributed by atoms with Gasteiger partial charge in [-0.25, -0.2) is 9.59 Å². The molecule has 2 unspecified atom stereocenters. The Labute approximate surface area is 168 Å². The zero-order valence-electron chi connectivity index (χ0n) is 15.8. The summed E-state index contributed by atoms with van der Waals surface area (Å²) in [4.78, 5) is 25.2. The number of nitrogens with zero attached hydrogens (tertiary/aromatic N) is 1. The van der Waals surface area contributed by atoms with Crippen molar-refractivity contribution in [1.82, 2.24) is 4.90 Å². The smallest absolute Gasteiger partial charge is 0.410 e. The van der Waals surface area contributed by atoms with Crippen LogP contribution in [0.15, 0.2) is 48.5 Å². The van der Waals surface area contributed by atoms with Crippen LogP contribution in [0.4, 0.5) is 4.79 Å². The van der Waals surface area contributed by atoms with Gasteiger partial charge in [-0.2, -0.15) is 0 Å². The third kappa shape index (κ3) is 4.95. The molecule has 0 N–H and O–H groups in total. The van der Waals surface area contributed by atoms with Crippen molar-refractivity contribution in [3.05, 3.63) is 64.7 Å². The fourth-order valence-electron chi connectivity index (χ4n) is 3.09. The summed E-state index contributed by atoms with van der Waals surface area (Å²) >= 11 is 6.04. The number of ether oxygens (including phenoxy) is 3. The lowest BCUT2D eigenvalue weighted by Crippen LogP contribution is -2.35. The summed E-state index contributed by atoms with van der Waals surface area (Å²) in [6, 6.07) is 14.8. The van der Waals surface area contributed by atoms with Crippen molar-refractivity contribution in [2.45, 2.75) is 25.5 Å². The normalized spacial score (nSPS) is 17.2. The molecule has 2 aromatic carbocycles. The molecule has 1 heterocycles. The molecule has 0 bridgehead atoms. The van der Waals surface area contributed by atoms with Crippen LogP contribution in [0.1, 0.15) is 24.2 Å². The molecule has 148 valence electrons. The maximum atomic E-state index is 12.3. The van der Waals surface area contributed by atoms with Gasteiger partial charge < -0.3 is 19.1 Å².